The SMILES string of the molecule is Cc1noc(C)c1CN(C)CCOCC(C)C. The third kappa shape index (κ3) is 4.88. The summed E-state index contributed by atoms with van der Waals surface area (Å²) in [6, 6.07) is 0. The molecular weight excluding hydrogens is 216 g/mol. The lowest BCUT2D eigenvalue weighted by atomic mass is 10.2. The van der Waals surface area contributed by atoms with Crippen LogP contribution >= 0.6 is 0 Å². The molecule has 0 saturated carbocycles. The molecule has 0 unspecified atom stereocenters. The minimum atomic E-state index is 0.600. The molecule has 0 aliphatic heterocycles. The van der Waals surface area contributed by atoms with E-state index in [1.807, 2.05) is 13.8 Å². The van der Waals surface area contributed by atoms with Crippen LogP contribution in [0.2, 0.25) is 0 Å². The van der Waals surface area contributed by atoms with Crippen LogP contribution in [0.1, 0.15) is 30.9 Å². The summed E-state index contributed by atoms with van der Waals surface area (Å²) in [4.78, 5) is 2.23. The summed E-state index contributed by atoms with van der Waals surface area (Å²) in [6.45, 7) is 11.7. The number of aryl methyl sites for hydroxylation is 2. The van der Waals surface area contributed by atoms with Crippen molar-refractivity contribution >= 4 is 0 Å². The van der Waals surface area contributed by atoms with E-state index >= 15 is 0 Å². The standard InChI is InChI=1S/C13H24N2O2/c1-10(2)9-16-7-6-15(5)8-13-11(3)14-17-12(13)4/h10H,6-9H2,1-5H3. The van der Waals surface area contributed by atoms with Crippen LogP contribution in [-0.2, 0) is 11.3 Å². The molecule has 0 atom stereocenters. The molecule has 0 bridgehead atoms. The predicted octanol–water partition coefficient (Wildman–Crippen LogP) is 2.40. The van der Waals surface area contributed by atoms with Crippen molar-refractivity contribution in [1.82, 2.24) is 10.1 Å². The molecule has 17 heavy (non-hydrogen) atoms. The summed E-state index contributed by atoms with van der Waals surface area (Å²) in [5.41, 5.74) is 2.17. The molecule has 1 rings (SSSR count). The molecule has 0 amide bonds. The van der Waals surface area contributed by atoms with Crippen LogP contribution in [0.5, 0.6) is 0 Å². The van der Waals surface area contributed by atoms with E-state index in [2.05, 4.69) is 31.0 Å². The average molecular weight is 240 g/mol. The highest BCUT2D eigenvalue weighted by Crippen LogP contribution is 2.13. The van der Waals surface area contributed by atoms with E-state index in [0.717, 1.165) is 37.8 Å². The van der Waals surface area contributed by atoms with Crippen LogP contribution < -0.4 is 0 Å². The highest BCUT2D eigenvalue weighted by atomic mass is 16.5. The van der Waals surface area contributed by atoms with Crippen molar-refractivity contribution in [3.8, 4) is 0 Å². The molecule has 1 aromatic rings. The average Bonchev–Trinajstić information content (AvgIpc) is 2.56. The molecule has 0 aliphatic carbocycles. The minimum Gasteiger partial charge on any atom is -0.380 e. The number of nitrogens with zero attached hydrogens (tertiary/aromatic N) is 2. The lowest BCUT2D eigenvalue weighted by Gasteiger charge is -2.16. The van der Waals surface area contributed by atoms with E-state index in [9.17, 15) is 0 Å². The predicted molar refractivity (Wildman–Crippen MR) is 68.0 cm³/mol. The second-order valence-electron chi connectivity index (χ2n) is 5.01. The zero-order valence-corrected chi connectivity index (χ0v) is 11.6. The molecular formula is C13H24N2O2. The molecule has 1 aromatic heterocycles. The summed E-state index contributed by atoms with van der Waals surface area (Å²) >= 11 is 0. The Morgan fingerprint density at radius 3 is 2.59 bits per heavy atom. The third-order valence-electron chi connectivity index (χ3n) is 2.68. The first kappa shape index (κ1) is 14.2. The largest absolute Gasteiger partial charge is 0.380 e. The van der Waals surface area contributed by atoms with Crippen molar-refractivity contribution in [2.75, 3.05) is 26.8 Å². The fraction of sp³-hybridized carbons (Fsp3) is 0.769. The molecule has 4 nitrogen and oxygen atoms in total. The van der Waals surface area contributed by atoms with Gasteiger partial charge in [0.15, 0.2) is 0 Å². The zero-order chi connectivity index (χ0) is 12.8. The van der Waals surface area contributed by atoms with Gasteiger partial charge in [0, 0.05) is 25.3 Å². The summed E-state index contributed by atoms with van der Waals surface area (Å²) in [6.07, 6.45) is 0. The summed E-state index contributed by atoms with van der Waals surface area (Å²) in [5, 5.41) is 3.96. The lowest BCUT2D eigenvalue weighted by molar-refractivity contribution is 0.0900. The van der Waals surface area contributed by atoms with E-state index in [1.165, 1.54) is 5.56 Å². The zero-order valence-electron chi connectivity index (χ0n) is 11.6. The monoisotopic (exact) mass is 240 g/mol. The van der Waals surface area contributed by atoms with E-state index < -0.39 is 0 Å². The van der Waals surface area contributed by atoms with E-state index in [0.29, 0.717) is 5.92 Å². The molecule has 0 aromatic carbocycles. The van der Waals surface area contributed by atoms with Gasteiger partial charge in [-0.05, 0) is 26.8 Å². The molecule has 0 N–H and O–H groups in total. The topological polar surface area (TPSA) is 38.5 Å². The van der Waals surface area contributed by atoms with Crippen molar-refractivity contribution in [3.63, 3.8) is 0 Å². The first-order chi connectivity index (χ1) is 8.00. The second kappa shape index (κ2) is 6.77. The van der Waals surface area contributed by atoms with Crippen LogP contribution in [0.25, 0.3) is 0 Å². The lowest BCUT2D eigenvalue weighted by Crippen LogP contribution is -2.24. The molecule has 0 saturated heterocycles. The van der Waals surface area contributed by atoms with Crippen LogP contribution in [0.15, 0.2) is 4.52 Å². The van der Waals surface area contributed by atoms with Crippen molar-refractivity contribution < 1.29 is 9.26 Å². The van der Waals surface area contributed by atoms with Crippen LogP contribution in [0.3, 0.4) is 0 Å². The molecule has 0 spiro atoms. The highest BCUT2D eigenvalue weighted by Gasteiger charge is 2.11. The van der Waals surface area contributed by atoms with Gasteiger partial charge in [0.05, 0.1) is 12.3 Å². The number of hydrogen-bond donors (Lipinski definition) is 0. The maximum Gasteiger partial charge on any atom is 0.138 e. The molecule has 4 heteroatoms. The Balaban J connectivity index is 2.28. The summed E-state index contributed by atoms with van der Waals surface area (Å²) in [5.74, 6) is 1.51. The van der Waals surface area contributed by atoms with Crippen molar-refractivity contribution in [3.05, 3.63) is 17.0 Å². The number of rotatable bonds is 7. The molecule has 0 radical (unpaired) electrons. The van der Waals surface area contributed by atoms with Gasteiger partial charge in [-0.2, -0.15) is 0 Å². The van der Waals surface area contributed by atoms with Gasteiger partial charge >= 0.3 is 0 Å². The van der Waals surface area contributed by atoms with Gasteiger partial charge < -0.3 is 9.26 Å². The first-order valence-electron chi connectivity index (χ1n) is 6.18. The Morgan fingerprint density at radius 2 is 2.06 bits per heavy atom. The normalized spacial score (nSPS) is 11.7. The number of likely N-dealkylation sites (N-methyl/N-ethyl adjacent to an activating group) is 1. The van der Waals surface area contributed by atoms with Gasteiger partial charge in [0.1, 0.15) is 5.76 Å². The Kier molecular flexibility index (Phi) is 5.65. The fourth-order valence-electron chi connectivity index (χ4n) is 1.62. The van der Waals surface area contributed by atoms with Crippen LogP contribution in [0, 0.1) is 19.8 Å². The Hall–Kier alpha value is -0.870. The van der Waals surface area contributed by atoms with Gasteiger partial charge in [-0.25, -0.2) is 0 Å². The smallest absolute Gasteiger partial charge is 0.138 e. The van der Waals surface area contributed by atoms with Crippen molar-refractivity contribution in [1.29, 1.82) is 0 Å². The van der Waals surface area contributed by atoms with Crippen LogP contribution in [-0.4, -0.2) is 36.9 Å². The van der Waals surface area contributed by atoms with E-state index in [-0.39, 0.29) is 0 Å². The van der Waals surface area contributed by atoms with Crippen molar-refractivity contribution in [2.45, 2.75) is 34.2 Å². The highest BCUT2D eigenvalue weighted by molar-refractivity contribution is 5.20. The van der Waals surface area contributed by atoms with E-state index in [4.69, 9.17) is 9.26 Å². The van der Waals surface area contributed by atoms with Crippen molar-refractivity contribution in [2.24, 2.45) is 5.92 Å². The Morgan fingerprint density at radius 1 is 1.35 bits per heavy atom. The van der Waals surface area contributed by atoms with Gasteiger partial charge in [0.25, 0.3) is 0 Å². The van der Waals surface area contributed by atoms with Gasteiger partial charge in [-0.15, -0.1) is 0 Å². The van der Waals surface area contributed by atoms with Gasteiger partial charge in [-0.3, -0.25) is 4.90 Å². The summed E-state index contributed by atoms with van der Waals surface area (Å²) in [7, 11) is 2.09. The minimum absolute atomic E-state index is 0.600. The maximum absolute atomic E-state index is 5.56. The molecule has 0 fully saturated rings. The maximum atomic E-state index is 5.56. The first-order valence-corrected chi connectivity index (χ1v) is 6.18. The summed E-state index contributed by atoms with van der Waals surface area (Å²) < 4.78 is 10.7. The van der Waals surface area contributed by atoms with Crippen LogP contribution in [0.4, 0.5) is 0 Å². The van der Waals surface area contributed by atoms with E-state index in [1.54, 1.807) is 0 Å². The molecule has 98 valence electrons. The third-order valence-corrected chi connectivity index (χ3v) is 2.68. The van der Waals surface area contributed by atoms with Gasteiger partial charge in [-0.1, -0.05) is 19.0 Å². The quantitative estimate of drug-likeness (QED) is 0.686. The number of hydrogen-bond acceptors (Lipinski definition) is 4. The molecule has 1 heterocycles. The fourth-order valence-corrected chi connectivity index (χ4v) is 1.62. The second-order valence-corrected chi connectivity index (χ2v) is 5.01. The Labute approximate surface area is 104 Å². The Bertz CT molecular complexity index is 315. The number of aromatic nitrogens is 1. The van der Waals surface area contributed by atoms with Gasteiger partial charge in [0.2, 0.25) is 0 Å². The molecule has 0 aliphatic rings. The number of ether oxygens (including phenoxy) is 1.